The van der Waals surface area contributed by atoms with Gasteiger partial charge in [0.1, 0.15) is 11.5 Å². The molecule has 0 atom stereocenters. The molecule has 5 nitrogen and oxygen atoms in total. The maximum absolute atomic E-state index is 5.51. The minimum absolute atomic E-state index is 0.432. The second-order valence-electron chi connectivity index (χ2n) is 3.72. The van der Waals surface area contributed by atoms with Crippen LogP contribution < -0.4 is 15.2 Å². The third-order valence-electron chi connectivity index (χ3n) is 2.55. The predicted molar refractivity (Wildman–Crippen MR) is 68.5 cm³/mol. The zero-order chi connectivity index (χ0) is 13.0. The monoisotopic (exact) mass is 245 g/mol. The molecule has 1 aromatic heterocycles. The SMILES string of the molecule is COc1cc(OC)cc(-c2ncc(CN)cn2)c1. The highest BCUT2D eigenvalue weighted by atomic mass is 16.5. The van der Waals surface area contributed by atoms with E-state index < -0.39 is 0 Å². The van der Waals surface area contributed by atoms with Crippen molar-refractivity contribution in [2.24, 2.45) is 5.73 Å². The van der Waals surface area contributed by atoms with Crippen LogP contribution in [0.4, 0.5) is 0 Å². The van der Waals surface area contributed by atoms with E-state index in [9.17, 15) is 0 Å². The van der Waals surface area contributed by atoms with Gasteiger partial charge >= 0.3 is 0 Å². The van der Waals surface area contributed by atoms with E-state index in [1.807, 2.05) is 12.1 Å². The zero-order valence-electron chi connectivity index (χ0n) is 10.4. The number of nitrogens with two attached hydrogens (primary N) is 1. The molecular weight excluding hydrogens is 230 g/mol. The molecule has 2 aromatic rings. The lowest BCUT2D eigenvalue weighted by Crippen LogP contribution is -1.99. The van der Waals surface area contributed by atoms with Crippen LogP contribution in [0, 0.1) is 0 Å². The number of hydrogen-bond acceptors (Lipinski definition) is 5. The van der Waals surface area contributed by atoms with Gasteiger partial charge < -0.3 is 15.2 Å². The number of ether oxygens (including phenoxy) is 2. The first kappa shape index (κ1) is 12.3. The van der Waals surface area contributed by atoms with Crippen molar-refractivity contribution in [3.05, 3.63) is 36.2 Å². The number of hydrogen-bond donors (Lipinski definition) is 1. The smallest absolute Gasteiger partial charge is 0.159 e. The lowest BCUT2D eigenvalue weighted by atomic mass is 10.2. The van der Waals surface area contributed by atoms with Crippen molar-refractivity contribution in [3.63, 3.8) is 0 Å². The van der Waals surface area contributed by atoms with Gasteiger partial charge in [0.05, 0.1) is 14.2 Å². The van der Waals surface area contributed by atoms with Crippen LogP contribution in [0.5, 0.6) is 11.5 Å². The van der Waals surface area contributed by atoms with Crippen molar-refractivity contribution >= 4 is 0 Å². The molecule has 0 spiro atoms. The Labute approximate surface area is 106 Å². The van der Waals surface area contributed by atoms with Gasteiger partial charge in [-0.15, -0.1) is 0 Å². The quantitative estimate of drug-likeness (QED) is 0.886. The summed E-state index contributed by atoms with van der Waals surface area (Å²) in [6, 6.07) is 5.53. The molecule has 0 radical (unpaired) electrons. The molecule has 0 unspecified atom stereocenters. The summed E-state index contributed by atoms with van der Waals surface area (Å²) in [6.07, 6.45) is 3.43. The molecule has 0 saturated carbocycles. The average molecular weight is 245 g/mol. The molecule has 94 valence electrons. The Morgan fingerprint density at radius 1 is 1.00 bits per heavy atom. The first-order valence-corrected chi connectivity index (χ1v) is 5.51. The van der Waals surface area contributed by atoms with Crippen LogP contribution in [0.15, 0.2) is 30.6 Å². The molecule has 0 aliphatic rings. The van der Waals surface area contributed by atoms with Crippen molar-refractivity contribution in [1.29, 1.82) is 0 Å². The number of nitrogens with zero attached hydrogens (tertiary/aromatic N) is 2. The van der Waals surface area contributed by atoms with E-state index in [2.05, 4.69) is 9.97 Å². The van der Waals surface area contributed by atoms with Gasteiger partial charge in [-0.1, -0.05) is 0 Å². The van der Waals surface area contributed by atoms with E-state index >= 15 is 0 Å². The Morgan fingerprint density at radius 3 is 2.00 bits per heavy atom. The number of aromatic nitrogens is 2. The van der Waals surface area contributed by atoms with Gasteiger partial charge in [-0.05, 0) is 12.1 Å². The maximum atomic E-state index is 5.51. The Morgan fingerprint density at radius 2 is 1.56 bits per heavy atom. The number of benzene rings is 1. The maximum Gasteiger partial charge on any atom is 0.159 e. The van der Waals surface area contributed by atoms with Gasteiger partial charge in [-0.25, -0.2) is 9.97 Å². The van der Waals surface area contributed by atoms with Gasteiger partial charge in [-0.3, -0.25) is 0 Å². The minimum Gasteiger partial charge on any atom is -0.497 e. The van der Waals surface area contributed by atoms with E-state index in [1.165, 1.54) is 0 Å². The summed E-state index contributed by atoms with van der Waals surface area (Å²) in [6.45, 7) is 0.432. The standard InChI is InChI=1S/C13H15N3O2/c1-17-11-3-10(4-12(5-11)18-2)13-15-7-9(6-14)8-16-13/h3-5,7-8H,6,14H2,1-2H3. The molecule has 5 heteroatoms. The number of methoxy groups -OCH3 is 2. The summed E-state index contributed by atoms with van der Waals surface area (Å²) in [7, 11) is 3.22. The highest BCUT2D eigenvalue weighted by Crippen LogP contribution is 2.27. The summed E-state index contributed by atoms with van der Waals surface area (Å²) < 4.78 is 10.4. The molecular formula is C13H15N3O2. The highest BCUT2D eigenvalue weighted by Gasteiger charge is 2.06. The summed E-state index contributed by atoms with van der Waals surface area (Å²) in [5.41, 5.74) is 7.25. The summed E-state index contributed by atoms with van der Waals surface area (Å²) in [5.74, 6) is 2.02. The third-order valence-corrected chi connectivity index (χ3v) is 2.55. The van der Waals surface area contributed by atoms with Crippen LogP contribution in [0.2, 0.25) is 0 Å². The van der Waals surface area contributed by atoms with E-state index in [0.717, 1.165) is 11.1 Å². The molecule has 0 saturated heterocycles. The summed E-state index contributed by atoms with van der Waals surface area (Å²) in [4.78, 5) is 8.54. The molecule has 1 aromatic carbocycles. The lowest BCUT2D eigenvalue weighted by Gasteiger charge is -2.07. The topological polar surface area (TPSA) is 70.3 Å². The molecule has 2 rings (SSSR count). The van der Waals surface area contributed by atoms with Crippen LogP contribution in [0.1, 0.15) is 5.56 Å². The minimum atomic E-state index is 0.432. The Bertz CT molecular complexity index is 504. The Balaban J connectivity index is 2.41. The third kappa shape index (κ3) is 2.57. The van der Waals surface area contributed by atoms with Crippen molar-refractivity contribution < 1.29 is 9.47 Å². The van der Waals surface area contributed by atoms with Gasteiger partial charge in [0.25, 0.3) is 0 Å². The van der Waals surface area contributed by atoms with E-state index in [0.29, 0.717) is 23.9 Å². The Kier molecular flexibility index (Phi) is 3.74. The Hall–Kier alpha value is -2.14. The fourth-order valence-corrected chi connectivity index (χ4v) is 1.55. The van der Waals surface area contributed by atoms with Crippen LogP contribution in [-0.2, 0) is 6.54 Å². The molecule has 18 heavy (non-hydrogen) atoms. The highest BCUT2D eigenvalue weighted by molar-refractivity contribution is 5.60. The molecule has 2 N–H and O–H groups in total. The van der Waals surface area contributed by atoms with Gasteiger partial charge in [-0.2, -0.15) is 0 Å². The van der Waals surface area contributed by atoms with Gasteiger partial charge in [0, 0.05) is 36.1 Å². The molecule has 0 fully saturated rings. The molecule has 0 bridgehead atoms. The van der Waals surface area contributed by atoms with Crippen LogP contribution in [0.25, 0.3) is 11.4 Å². The molecule has 0 aliphatic carbocycles. The van der Waals surface area contributed by atoms with Crippen LogP contribution in [0.3, 0.4) is 0 Å². The molecule has 0 aliphatic heterocycles. The van der Waals surface area contributed by atoms with E-state index in [4.69, 9.17) is 15.2 Å². The second kappa shape index (κ2) is 5.46. The predicted octanol–water partition coefficient (Wildman–Crippen LogP) is 1.62. The first-order chi connectivity index (χ1) is 8.76. The normalized spacial score (nSPS) is 10.2. The van der Waals surface area contributed by atoms with Crippen molar-refractivity contribution in [2.75, 3.05) is 14.2 Å². The number of rotatable bonds is 4. The van der Waals surface area contributed by atoms with E-state index in [1.54, 1.807) is 32.7 Å². The summed E-state index contributed by atoms with van der Waals surface area (Å²) in [5, 5.41) is 0. The van der Waals surface area contributed by atoms with Crippen molar-refractivity contribution in [2.45, 2.75) is 6.54 Å². The first-order valence-electron chi connectivity index (χ1n) is 5.51. The second-order valence-corrected chi connectivity index (χ2v) is 3.72. The van der Waals surface area contributed by atoms with Crippen LogP contribution in [-0.4, -0.2) is 24.2 Å². The van der Waals surface area contributed by atoms with Gasteiger partial charge in [0.15, 0.2) is 5.82 Å². The average Bonchev–Trinajstić information content (AvgIpc) is 2.46. The molecule has 1 heterocycles. The fourth-order valence-electron chi connectivity index (χ4n) is 1.55. The van der Waals surface area contributed by atoms with Crippen molar-refractivity contribution in [1.82, 2.24) is 9.97 Å². The lowest BCUT2D eigenvalue weighted by molar-refractivity contribution is 0.394. The van der Waals surface area contributed by atoms with Crippen molar-refractivity contribution in [3.8, 4) is 22.9 Å². The largest absolute Gasteiger partial charge is 0.497 e. The summed E-state index contributed by atoms with van der Waals surface area (Å²) >= 11 is 0. The van der Waals surface area contributed by atoms with Gasteiger partial charge in [0.2, 0.25) is 0 Å². The zero-order valence-corrected chi connectivity index (χ0v) is 10.4. The fraction of sp³-hybridized carbons (Fsp3) is 0.231. The van der Waals surface area contributed by atoms with Crippen LogP contribution >= 0.6 is 0 Å². The van der Waals surface area contributed by atoms with E-state index in [-0.39, 0.29) is 0 Å². The molecule has 0 amide bonds.